The zero-order chi connectivity index (χ0) is 11.7. The monoisotopic (exact) mass is 279 g/mol. The number of carbonyl (C=O) groups is 2. The van der Waals surface area contributed by atoms with Gasteiger partial charge in [0.2, 0.25) is 5.91 Å². The fourth-order valence-corrected chi connectivity index (χ4v) is 1.39. The van der Waals surface area contributed by atoms with Gasteiger partial charge in [-0.15, -0.1) is 0 Å². The third-order valence-corrected chi connectivity index (χ3v) is 2.64. The highest BCUT2D eigenvalue weighted by atomic mass is 79.9. The molecule has 0 aliphatic rings. The van der Waals surface area contributed by atoms with Crippen LogP contribution in [0.5, 0.6) is 0 Å². The number of alkyl halides is 1. The molecule has 0 radical (unpaired) electrons. The van der Waals surface area contributed by atoms with Crippen molar-refractivity contribution in [3.63, 3.8) is 0 Å². The van der Waals surface area contributed by atoms with Crippen LogP contribution in [0.15, 0.2) is 0 Å². The molecule has 0 saturated heterocycles. The standard InChI is InChI=1S/C10H18BrNO3/c1-3-4-5-6-9(13)12-7-8(11)10(14)15-2/h8H,3-7H2,1-2H3,(H,12,13). The van der Waals surface area contributed by atoms with E-state index in [1.54, 1.807) is 0 Å². The van der Waals surface area contributed by atoms with Gasteiger partial charge in [0, 0.05) is 13.0 Å². The van der Waals surface area contributed by atoms with E-state index in [9.17, 15) is 9.59 Å². The number of methoxy groups -OCH3 is 1. The van der Waals surface area contributed by atoms with Crippen LogP contribution >= 0.6 is 15.9 Å². The van der Waals surface area contributed by atoms with Crippen LogP contribution in [0.4, 0.5) is 0 Å². The van der Waals surface area contributed by atoms with Crippen LogP contribution in [-0.4, -0.2) is 30.4 Å². The first-order valence-corrected chi connectivity index (χ1v) is 6.02. The Morgan fingerprint density at radius 3 is 2.60 bits per heavy atom. The van der Waals surface area contributed by atoms with Crippen LogP contribution in [-0.2, 0) is 14.3 Å². The number of ether oxygens (including phenoxy) is 1. The summed E-state index contributed by atoms with van der Waals surface area (Å²) in [7, 11) is 1.32. The number of hydrogen-bond donors (Lipinski definition) is 1. The first-order chi connectivity index (χ1) is 7.11. The minimum Gasteiger partial charge on any atom is -0.468 e. The van der Waals surface area contributed by atoms with Crippen LogP contribution in [0.25, 0.3) is 0 Å². The van der Waals surface area contributed by atoms with Gasteiger partial charge in [0.25, 0.3) is 0 Å². The van der Waals surface area contributed by atoms with Gasteiger partial charge in [-0.25, -0.2) is 0 Å². The van der Waals surface area contributed by atoms with E-state index in [0.29, 0.717) is 6.42 Å². The van der Waals surface area contributed by atoms with Crippen molar-refractivity contribution < 1.29 is 14.3 Å². The van der Waals surface area contributed by atoms with Crippen molar-refractivity contribution >= 4 is 27.8 Å². The maximum atomic E-state index is 11.2. The maximum Gasteiger partial charge on any atom is 0.321 e. The molecule has 0 fully saturated rings. The van der Waals surface area contributed by atoms with Gasteiger partial charge in [-0.1, -0.05) is 35.7 Å². The number of hydrogen-bond acceptors (Lipinski definition) is 3. The molecule has 1 atom stereocenters. The summed E-state index contributed by atoms with van der Waals surface area (Å²) in [6.45, 7) is 2.36. The number of rotatable bonds is 7. The van der Waals surface area contributed by atoms with Gasteiger partial charge < -0.3 is 10.1 Å². The molecule has 0 aromatic carbocycles. The Morgan fingerprint density at radius 2 is 2.07 bits per heavy atom. The molecule has 0 aliphatic carbocycles. The third-order valence-electron chi connectivity index (χ3n) is 1.94. The molecule has 5 heteroatoms. The second-order valence-electron chi connectivity index (χ2n) is 3.25. The smallest absolute Gasteiger partial charge is 0.321 e. The lowest BCUT2D eigenvalue weighted by molar-refractivity contribution is -0.139. The lowest BCUT2D eigenvalue weighted by Crippen LogP contribution is -2.33. The van der Waals surface area contributed by atoms with Gasteiger partial charge >= 0.3 is 5.97 Å². The van der Waals surface area contributed by atoms with Crippen LogP contribution in [0, 0.1) is 0 Å². The maximum absolute atomic E-state index is 11.2. The number of halogens is 1. The summed E-state index contributed by atoms with van der Waals surface area (Å²) < 4.78 is 4.51. The first-order valence-electron chi connectivity index (χ1n) is 5.10. The van der Waals surface area contributed by atoms with Crippen molar-refractivity contribution in [2.45, 2.75) is 37.4 Å². The molecule has 1 amide bonds. The quantitative estimate of drug-likeness (QED) is 0.438. The first kappa shape index (κ1) is 14.4. The van der Waals surface area contributed by atoms with Crippen LogP contribution in [0.2, 0.25) is 0 Å². The molecule has 4 nitrogen and oxygen atoms in total. The lowest BCUT2D eigenvalue weighted by Gasteiger charge is -2.08. The van der Waals surface area contributed by atoms with E-state index >= 15 is 0 Å². The van der Waals surface area contributed by atoms with Crippen molar-refractivity contribution in [1.29, 1.82) is 0 Å². The summed E-state index contributed by atoms with van der Waals surface area (Å²) in [5.41, 5.74) is 0. The molecular formula is C10H18BrNO3. The summed E-state index contributed by atoms with van der Waals surface area (Å²) in [5, 5.41) is 2.67. The molecule has 15 heavy (non-hydrogen) atoms. The minimum absolute atomic E-state index is 0.0168. The number of amides is 1. The minimum atomic E-state index is -0.461. The van der Waals surface area contributed by atoms with Crippen molar-refractivity contribution in [1.82, 2.24) is 5.32 Å². The molecule has 0 aliphatic heterocycles. The van der Waals surface area contributed by atoms with Crippen molar-refractivity contribution in [3.05, 3.63) is 0 Å². The number of carbonyl (C=O) groups excluding carboxylic acids is 2. The van der Waals surface area contributed by atoms with E-state index < -0.39 is 4.83 Å². The van der Waals surface area contributed by atoms with Crippen LogP contribution in [0.1, 0.15) is 32.6 Å². The summed E-state index contributed by atoms with van der Waals surface area (Å²) in [5.74, 6) is -0.388. The molecule has 0 spiro atoms. The molecule has 0 bridgehead atoms. The van der Waals surface area contributed by atoms with Gasteiger partial charge in [-0.3, -0.25) is 9.59 Å². The van der Waals surface area contributed by atoms with Gasteiger partial charge in [-0.2, -0.15) is 0 Å². The SMILES string of the molecule is CCCCCC(=O)NCC(Br)C(=O)OC. The zero-order valence-electron chi connectivity index (χ0n) is 9.22. The highest BCUT2D eigenvalue weighted by Crippen LogP contribution is 2.01. The van der Waals surface area contributed by atoms with Crippen LogP contribution in [0.3, 0.4) is 0 Å². The van der Waals surface area contributed by atoms with Crippen molar-refractivity contribution in [3.8, 4) is 0 Å². The van der Waals surface area contributed by atoms with Gasteiger partial charge in [0.1, 0.15) is 4.83 Å². The van der Waals surface area contributed by atoms with E-state index in [-0.39, 0.29) is 18.4 Å². The average molecular weight is 280 g/mol. The number of nitrogens with one attached hydrogen (secondary N) is 1. The number of unbranched alkanes of at least 4 members (excludes halogenated alkanes) is 2. The van der Waals surface area contributed by atoms with Crippen molar-refractivity contribution in [2.75, 3.05) is 13.7 Å². The average Bonchev–Trinajstić information content (AvgIpc) is 2.25. The summed E-state index contributed by atoms with van der Waals surface area (Å²) in [4.78, 5) is 21.8. The fraction of sp³-hybridized carbons (Fsp3) is 0.800. The Bertz CT molecular complexity index is 209. The van der Waals surface area contributed by atoms with Gasteiger partial charge in [0.15, 0.2) is 0 Å². The van der Waals surface area contributed by atoms with Crippen LogP contribution < -0.4 is 5.32 Å². The Labute approximate surface area is 98.9 Å². The molecule has 0 aromatic heterocycles. The second kappa shape index (κ2) is 8.71. The third kappa shape index (κ3) is 7.36. The predicted molar refractivity (Wildman–Crippen MR) is 61.9 cm³/mol. The molecule has 88 valence electrons. The summed E-state index contributed by atoms with van der Waals surface area (Å²) in [6, 6.07) is 0. The Balaban J connectivity index is 3.57. The Kier molecular flexibility index (Phi) is 8.37. The van der Waals surface area contributed by atoms with E-state index in [0.717, 1.165) is 19.3 Å². The van der Waals surface area contributed by atoms with Crippen molar-refractivity contribution in [2.24, 2.45) is 0 Å². The Morgan fingerprint density at radius 1 is 1.40 bits per heavy atom. The highest BCUT2D eigenvalue weighted by molar-refractivity contribution is 9.10. The normalized spacial score (nSPS) is 11.9. The van der Waals surface area contributed by atoms with E-state index in [4.69, 9.17) is 0 Å². The summed E-state index contributed by atoms with van der Waals surface area (Å²) in [6.07, 6.45) is 3.57. The summed E-state index contributed by atoms with van der Waals surface area (Å²) >= 11 is 3.12. The highest BCUT2D eigenvalue weighted by Gasteiger charge is 2.15. The molecule has 0 saturated carbocycles. The largest absolute Gasteiger partial charge is 0.468 e. The van der Waals surface area contributed by atoms with E-state index in [1.165, 1.54) is 7.11 Å². The zero-order valence-corrected chi connectivity index (χ0v) is 10.8. The Hall–Kier alpha value is -0.580. The lowest BCUT2D eigenvalue weighted by atomic mass is 10.2. The second-order valence-corrected chi connectivity index (χ2v) is 4.36. The van der Waals surface area contributed by atoms with E-state index in [1.807, 2.05) is 0 Å². The fourth-order valence-electron chi connectivity index (χ4n) is 1.04. The molecule has 1 N–H and O–H groups in total. The van der Waals surface area contributed by atoms with Gasteiger partial charge in [0.05, 0.1) is 7.11 Å². The van der Waals surface area contributed by atoms with Gasteiger partial charge in [-0.05, 0) is 6.42 Å². The van der Waals surface area contributed by atoms with E-state index in [2.05, 4.69) is 32.9 Å². The molecule has 0 rings (SSSR count). The molecule has 0 aromatic rings. The molecule has 1 unspecified atom stereocenters. The molecular weight excluding hydrogens is 262 g/mol. The molecule has 0 heterocycles. The topological polar surface area (TPSA) is 55.4 Å². The number of esters is 1. The predicted octanol–water partition coefficient (Wildman–Crippen LogP) is 1.62.